The molecule has 0 radical (unpaired) electrons. The zero-order valence-corrected chi connectivity index (χ0v) is 20.6. The van der Waals surface area contributed by atoms with Gasteiger partial charge >= 0.3 is 6.18 Å². The summed E-state index contributed by atoms with van der Waals surface area (Å²) < 4.78 is 38.5. The van der Waals surface area contributed by atoms with Gasteiger partial charge in [0.25, 0.3) is 5.91 Å². The number of carbonyl (C=O) groups is 2. The first-order valence-corrected chi connectivity index (χ1v) is 12.1. The Bertz CT molecular complexity index is 1490. The largest absolute Gasteiger partial charge is 0.433 e. The first kappa shape index (κ1) is 25.5. The summed E-state index contributed by atoms with van der Waals surface area (Å²) >= 11 is 6.22. The van der Waals surface area contributed by atoms with Crippen LogP contribution < -0.4 is 5.32 Å². The van der Waals surface area contributed by atoms with Crippen molar-refractivity contribution in [2.24, 2.45) is 0 Å². The summed E-state index contributed by atoms with van der Waals surface area (Å²) in [4.78, 5) is 31.9. The third kappa shape index (κ3) is 5.13. The van der Waals surface area contributed by atoms with Crippen LogP contribution in [0.4, 0.5) is 13.2 Å². The molecule has 5 nitrogen and oxygen atoms in total. The van der Waals surface area contributed by atoms with Crippen LogP contribution in [-0.2, 0) is 24.1 Å². The molecule has 4 aromatic rings. The Morgan fingerprint density at radius 1 is 0.947 bits per heavy atom. The number of rotatable bonds is 6. The van der Waals surface area contributed by atoms with Gasteiger partial charge in [0.15, 0.2) is 0 Å². The number of nitrogens with one attached hydrogen (secondary N) is 1. The molecule has 9 heteroatoms. The quantitative estimate of drug-likeness (QED) is 0.309. The van der Waals surface area contributed by atoms with Gasteiger partial charge < -0.3 is 10.2 Å². The van der Waals surface area contributed by atoms with Crippen molar-refractivity contribution in [1.82, 2.24) is 15.2 Å². The fraction of sp³-hybridized carbons (Fsp3) is 0.138. The van der Waals surface area contributed by atoms with E-state index in [9.17, 15) is 22.8 Å². The first-order valence-electron chi connectivity index (χ1n) is 11.8. The number of halogens is 4. The van der Waals surface area contributed by atoms with E-state index < -0.39 is 23.8 Å². The molecule has 192 valence electrons. The van der Waals surface area contributed by atoms with Crippen LogP contribution in [0.25, 0.3) is 11.1 Å². The minimum Gasteiger partial charge on any atom is -0.350 e. The molecule has 1 unspecified atom stereocenters. The highest BCUT2D eigenvalue weighted by atomic mass is 35.5. The minimum absolute atomic E-state index is 0.0565. The molecular formula is C29H21ClF3N3O2. The first-order chi connectivity index (χ1) is 18.2. The number of fused-ring (bicyclic) bond motifs is 1. The van der Waals surface area contributed by atoms with Crippen molar-refractivity contribution in [2.45, 2.75) is 25.3 Å². The van der Waals surface area contributed by atoms with Crippen LogP contribution in [0.15, 0.2) is 91.1 Å². The van der Waals surface area contributed by atoms with Crippen LogP contribution in [0, 0.1) is 0 Å². The second kappa shape index (κ2) is 10.3. The molecule has 0 saturated heterocycles. The number of pyridine rings is 1. The van der Waals surface area contributed by atoms with E-state index >= 15 is 0 Å². The Kier molecular flexibility index (Phi) is 6.91. The van der Waals surface area contributed by atoms with Gasteiger partial charge in [-0.3, -0.25) is 14.6 Å². The van der Waals surface area contributed by atoms with E-state index in [0.717, 1.165) is 29.0 Å². The fourth-order valence-corrected chi connectivity index (χ4v) is 4.74. The van der Waals surface area contributed by atoms with Crippen molar-refractivity contribution in [1.29, 1.82) is 0 Å². The van der Waals surface area contributed by atoms with Crippen molar-refractivity contribution >= 4 is 23.4 Å². The number of nitrogens with zero attached hydrogens (tertiary/aromatic N) is 2. The number of aromatic nitrogens is 1. The highest BCUT2D eigenvalue weighted by molar-refractivity contribution is 6.31. The molecule has 5 rings (SSSR count). The van der Waals surface area contributed by atoms with Crippen molar-refractivity contribution in [3.63, 3.8) is 0 Å². The molecule has 0 saturated carbocycles. The Morgan fingerprint density at radius 2 is 1.68 bits per heavy atom. The lowest BCUT2D eigenvalue weighted by Crippen LogP contribution is -2.38. The van der Waals surface area contributed by atoms with E-state index in [1.54, 1.807) is 18.2 Å². The number of amides is 2. The van der Waals surface area contributed by atoms with E-state index in [0.29, 0.717) is 21.7 Å². The molecule has 1 aliphatic rings. The van der Waals surface area contributed by atoms with E-state index in [1.165, 1.54) is 11.0 Å². The number of hydrogen-bond acceptors (Lipinski definition) is 3. The molecule has 0 fully saturated rings. The molecule has 0 bridgehead atoms. The van der Waals surface area contributed by atoms with Crippen molar-refractivity contribution in [3.05, 3.63) is 124 Å². The maximum absolute atomic E-state index is 13.5. The number of benzene rings is 3. The van der Waals surface area contributed by atoms with Gasteiger partial charge in [-0.25, -0.2) is 0 Å². The number of hydrogen-bond donors (Lipinski definition) is 1. The molecule has 1 atom stereocenters. The van der Waals surface area contributed by atoms with Crippen molar-refractivity contribution in [2.75, 3.05) is 0 Å². The molecular weight excluding hydrogens is 515 g/mol. The van der Waals surface area contributed by atoms with Crippen LogP contribution in [0.5, 0.6) is 0 Å². The average Bonchev–Trinajstić information content (AvgIpc) is 3.18. The van der Waals surface area contributed by atoms with Gasteiger partial charge in [0.2, 0.25) is 5.91 Å². The second-order valence-corrected chi connectivity index (χ2v) is 9.29. The summed E-state index contributed by atoms with van der Waals surface area (Å²) in [6.45, 7) is 0.106. The summed E-state index contributed by atoms with van der Waals surface area (Å²) in [5, 5.41) is 3.13. The van der Waals surface area contributed by atoms with Crippen LogP contribution in [0.3, 0.4) is 0 Å². The minimum atomic E-state index is -4.55. The van der Waals surface area contributed by atoms with Crippen LogP contribution in [-0.4, -0.2) is 21.7 Å². The third-order valence-corrected chi connectivity index (χ3v) is 6.62. The Morgan fingerprint density at radius 3 is 2.39 bits per heavy atom. The normalized spacial score (nSPS) is 14.9. The molecule has 0 aliphatic carbocycles. The number of alkyl halides is 3. The van der Waals surface area contributed by atoms with E-state index in [4.69, 9.17) is 11.6 Å². The van der Waals surface area contributed by atoms with E-state index in [1.807, 2.05) is 54.6 Å². The Labute approximate surface area is 221 Å². The molecule has 2 amide bonds. The van der Waals surface area contributed by atoms with Gasteiger partial charge in [0, 0.05) is 29.9 Å². The molecule has 1 aromatic heterocycles. The average molecular weight is 536 g/mol. The highest BCUT2D eigenvalue weighted by Crippen LogP contribution is 2.38. The molecule has 0 spiro atoms. The second-order valence-electron chi connectivity index (χ2n) is 8.86. The van der Waals surface area contributed by atoms with Crippen LogP contribution in [0.1, 0.15) is 38.8 Å². The number of carbonyl (C=O) groups excluding carboxylic acids is 2. The summed E-state index contributed by atoms with van der Waals surface area (Å²) in [6.07, 6.45) is -3.48. The van der Waals surface area contributed by atoms with Crippen LogP contribution in [0.2, 0.25) is 5.02 Å². The third-order valence-electron chi connectivity index (χ3n) is 6.38. The zero-order chi connectivity index (χ0) is 26.9. The molecule has 38 heavy (non-hydrogen) atoms. The predicted octanol–water partition coefficient (Wildman–Crippen LogP) is 6.43. The molecule has 3 aromatic carbocycles. The van der Waals surface area contributed by atoms with Crippen molar-refractivity contribution in [3.8, 4) is 11.1 Å². The van der Waals surface area contributed by atoms with Gasteiger partial charge in [0.1, 0.15) is 11.7 Å². The smallest absolute Gasteiger partial charge is 0.350 e. The fourth-order valence-electron chi connectivity index (χ4n) is 4.56. The standard InChI is InChI=1S/C29H21ClF3N3O2/c30-21-11-12-23-24(14-21)26(27(37)35-16-18-10-13-25(34-15-18)29(31,32)33)36(28(23)38)17-20-8-4-5-9-22(20)19-6-2-1-3-7-19/h1-15,26H,16-17H2,(H,35,37). The summed E-state index contributed by atoms with van der Waals surface area (Å²) in [6, 6.07) is 23.3. The van der Waals surface area contributed by atoms with Gasteiger partial charge in [-0.05, 0) is 52.1 Å². The molecule has 1 aliphatic heterocycles. The van der Waals surface area contributed by atoms with E-state index in [2.05, 4.69) is 10.3 Å². The molecule has 1 N–H and O–H groups in total. The van der Waals surface area contributed by atoms with Gasteiger partial charge in [-0.15, -0.1) is 0 Å². The summed E-state index contributed by atoms with van der Waals surface area (Å²) in [5.74, 6) is -0.785. The Hall–Kier alpha value is -4.17. The highest BCUT2D eigenvalue weighted by Gasteiger charge is 2.41. The van der Waals surface area contributed by atoms with Crippen molar-refractivity contribution < 1.29 is 22.8 Å². The SMILES string of the molecule is O=C(NCc1ccc(C(F)(F)F)nc1)C1c2cc(Cl)ccc2C(=O)N1Cc1ccccc1-c1ccccc1. The maximum Gasteiger partial charge on any atom is 0.433 e. The summed E-state index contributed by atoms with van der Waals surface area (Å²) in [7, 11) is 0. The topological polar surface area (TPSA) is 62.3 Å². The van der Waals surface area contributed by atoms with Crippen LogP contribution >= 0.6 is 11.6 Å². The van der Waals surface area contributed by atoms with Gasteiger partial charge in [-0.2, -0.15) is 13.2 Å². The zero-order valence-electron chi connectivity index (χ0n) is 19.9. The monoisotopic (exact) mass is 535 g/mol. The van der Waals surface area contributed by atoms with Gasteiger partial charge in [-0.1, -0.05) is 72.3 Å². The van der Waals surface area contributed by atoms with E-state index in [-0.39, 0.29) is 19.0 Å². The lowest BCUT2D eigenvalue weighted by molar-refractivity contribution is -0.141. The predicted molar refractivity (Wildman–Crippen MR) is 137 cm³/mol. The lowest BCUT2D eigenvalue weighted by Gasteiger charge is -2.26. The molecule has 2 heterocycles. The Balaban J connectivity index is 1.43. The van der Waals surface area contributed by atoms with Gasteiger partial charge in [0.05, 0.1) is 0 Å². The lowest BCUT2D eigenvalue weighted by atomic mass is 9.99. The summed E-state index contributed by atoms with van der Waals surface area (Å²) in [5.41, 5.74) is 3.00. The maximum atomic E-state index is 13.5.